The van der Waals surface area contributed by atoms with Crippen LogP contribution in [-0.4, -0.2) is 36.1 Å². The summed E-state index contributed by atoms with van der Waals surface area (Å²) in [5.74, 6) is 1.52. The van der Waals surface area contributed by atoms with Gasteiger partial charge in [-0.3, -0.25) is 0 Å². The second-order valence-electron chi connectivity index (χ2n) is 6.85. The number of hydrogen-bond donors (Lipinski definition) is 1. The van der Waals surface area contributed by atoms with Crippen LogP contribution in [0.25, 0.3) is 0 Å². The highest BCUT2D eigenvalue weighted by Gasteiger charge is 2.19. The van der Waals surface area contributed by atoms with Crippen molar-refractivity contribution >= 4 is 23.0 Å². The van der Waals surface area contributed by atoms with Crippen molar-refractivity contribution in [3.63, 3.8) is 0 Å². The molecule has 28 heavy (non-hydrogen) atoms. The van der Waals surface area contributed by atoms with Crippen LogP contribution >= 0.6 is 0 Å². The molecule has 1 aliphatic rings. The third-order valence-corrected chi connectivity index (χ3v) is 5.11. The number of nitrogens with one attached hydrogen (secondary N) is 1. The highest BCUT2D eigenvalue weighted by atomic mass is 19.1. The number of halogens is 1. The maximum atomic E-state index is 13.1. The second-order valence-corrected chi connectivity index (χ2v) is 6.85. The van der Waals surface area contributed by atoms with Gasteiger partial charge in [-0.15, -0.1) is 0 Å². The van der Waals surface area contributed by atoms with E-state index < -0.39 is 0 Å². The molecule has 1 aromatic heterocycles. The van der Waals surface area contributed by atoms with Crippen LogP contribution in [0.1, 0.15) is 12.5 Å². The lowest BCUT2D eigenvalue weighted by molar-refractivity contribution is 0.624. The van der Waals surface area contributed by atoms with Crippen molar-refractivity contribution in [2.45, 2.75) is 13.3 Å². The van der Waals surface area contributed by atoms with Crippen LogP contribution in [-0.2, 0) is 6.42 Å². The summed E-state index contributed by atoms with van der Waals surface area (Å²) in [6, 6.07) is 17.0. The highest BCUT2D eigenvalue weighted by Crippen LogP contribution is 2.24. The number of hydrogen-bond acceptors (Lipinski definition) is 5. The van der Waals surface area contributed by atoms with Crippen LogP contribution < -0.4 is 15.1 Å². The molecule has 0 amide bonds. The summed E-state index contributed by atoms with van der Waals surface area (Å²) in [6.45, 7) is 5.61. The van der Waals surface area contributed by atoms with Crippen LogP contribution in [0.3, 0.4) is 0 Å². The maximum absolute atomic E-state index is 13.1. The zero-order chi connectivity index (χ0) is 19.3. The summed E-state index contributed by atoms with van der Waals surface area (Å²) in [7, 11) is 0. The number of anilines is 4. The summed E-state index contributed by atoms with van der Waals surface area (Å²) >= 11 is 0. The molecule has 2 heterocycles. The molecule has 144 valence electrons. The molecule has 1 fully saturated rings. The van der Waals surface area contributed by atoms with Crippen molar-refractivity contribution in [1.29, 1.82) is 0 Å². The predicted molar refractivity (Wildman–Crippen MR) is 112 cm³/mol. The summed E-state index contributed by atoms with van der Waals surface area (Å²) < 4.78 is 13.1. The van der Waals surface area contributed by atoms with E-state index in [1.54, 1.807) is 6.33 Å². The molecule has 0 radical (unpaired) electrons. The highest BCUT2D eigenvalue weighted by molar-refractivity contribution is 5.63. The number of para-hydroxylation sites is 1. The minimum absolute atomic E-state index is 0.201. The fourth-order valence-electron chi connectivity index (χ4n) is 3.52. The summed E-state index contributed by atoms with van der Waals surface area (Å²) in [5.41, 5.74) is 3.40. The fourth-order valence-corrected chi connectivity index (χ4v) is 3.52. The lowest BCUT2D eigenvalue weighted by atomic mass is 10.1. The number of aromatic nitrogens is 2. The Morgan fingerprint density at radius 2 is 1.64 bits per heavy atom. The Kier molecular flexibility index (Phi) is 5.37. The molecule has 0 saturated carbocycles. The van der Waals surface area contributed by atoms with Crippen LogP contribution in [0, 0.1) is 5.82 Å². The number of rotatable bonds is 5. The first-order chi connectivity index (χ1) is 13.7. The van der Waals surface area contributed by atoms with Gasteiger partial charge in [-0.05, 0) is 42.3 Å². The summed E-state index contributed by atoms with van der Waals surface area (Å²) in [5, 5.41) is 3.42. The van der Waals surface area contributed by atoms with Crippen molar-refractivity contribution in [3.8, 4) is 0 Å². The van der Waals surface area contributed by atoms with Gasteiger partial charge in [0.25, 0.3) is 0 Å². The third-order valence-electron chi connectivity index (χ3n) is 5.11. The van der Waals surface area contributed by atoms with E-state index in [0.717, 1.165) is 55.6 Å². The zero-order valence-electron chi connectivity index (χ0n) is 16.0. The predicted octanol–water partition coefficient (Wildman–Crippen LogP) is 4.25. The summed E-state index contributed by atoms with van der Waals surface area (Å²) in [6.07, 6.45) is 2.57. The molecule has 3 aromatic rings. The fraction of sp³-hybridized carbons (Fsp3) is 0.273. The smallest absolute Gasteiger partial charge is 0.135 e. The molecule has 4 rings (SSSR count). The Morgan fingerprint density at radius 3 is 2.39 bits per heavy atom. The number of piperazine rings is 1. The van der Waals surface area contributed by atoms with Crippen molar-refractivity contribution in [2.24, 2.45) is 0 Å². The first-order valence-corrected chi connectivity index (χ1v) is 9.65. The molecular formula is C22H24FN5. The SMILES string of the molecule is CCc1ccccc1Nc1cc(N2CCN(c3ccc(F)cc3)CC2)ncn1. The third kappa shape index (κ3) is 4.06. The molecule has 0 spiro atoms. The monoisotopic (exact) mass is 377 g/mol. The van der Waals surface area contributed by atoms with Crippen LogP contribution in [0.15, 0.2) is 60.9 Å². The van der Waals surface area contributed by atoms with Gasteiger partial charge in [-0.25, -0.2) is 14.4 Å². The van der Waals surface area contributed by atoms with Crippen molar-refractivity contribution in [1.82, 2.24) is 9.97 Å². The second kappa shape index (κ2) is 8.25. The molecule has 0 unspecified atom stereocenters. The van der Waals surface area contributed by atoms with Crippen LogP contribution in [0.2, 0.25) is 0 Å². The van der Waals surface area contributed by atoms with E-state index >= 15 is 0 Å². The Labute approximate surface area is 164 Å². The normalized spacial score (nSPS) is 14.2. The first kappa shape index (κ1) is 18.2. The first-order valence-electron chi connectivity index (χ1n) is 9.65. The Hall–Kier alpha value is -3.15. The van der Waals surface area contributed by atoms with E-state index in [9.17, 15) is 4.39 Å². The van der Waals surface area contributed by atoms with Gasteiger partial charge < -0.3 is 15.1 Å². The van der Waals surface area contributed by atoms with Gasteiger partial charge in [0.15, 0.2) is 0 Å². The molecule has 2 aromatic carbocycles. The van der Waals surface area contributed by atoms with Gasteiger partial charge in [-0.1, -0.05) is 25.1 Å². The van der Waals surface area contributed by atoms with Crippen LogP contribution in [0.4, 0.5) is 27.4 Å². The minimum Gasteiger partial charge on any atom is -0.368 e. The molecule has 0 atom stereocenters. The molecule has 0 aliphatic carbocycles. The molecule has 1 aliphatic heterocycles. The lowest BCUT2D eigenvalue weighted by Gasteiger charge is -2.36. The van der Waals surface area contributed by atoms with Gasteiger partial charge in [0.05, 0.1) is 0 Å². The van der Waals surface area contributed by atoms with E-state index in [-0.39, 0.29) is 5.82 Å². The van der Waals surface area contributed by atoms with Gasteiger partial charge in [0.2, 0.25) is 0 Å². The molecule has 6 heteroatoms. The van der Waals surface area contributed by atoms with E-state index in [0.29, 0.717) is 0 Å². The van der Waals surface area contributed by atoms with Crippen molar-refractivity contribution < 1.29 is 4.39 Å². The number of aryl methyl sites for hydroxylation is 1. The minimum atomic E-state index is -0.201. The average Bonchev–Trinajstić information content (AvgIpc) is 2.75. The topological polar surface area (TPSA) is 44.3 Å². The molecule has 5 nitrogen and oxygen atoms in total. The van der Waals surface area contributed by atoms with Gasteiger partial charge in [-0.2, -0.15) is 0 Å². The van der Waals surface area contributed by atoms with E-state index in [4.69, 9.17) is 0 Å². The summed E-state index contributed by atoms with van der Waals surface area (Å²) in [4.78, 5) is 13.4. The van der Waals surface area contributed by atoms with Crippen molar-refractivity contribution in [3.05, 3.63) is 72.3 Å². The Balaban J connectivity index is 1.43. The number of benzene rings is 2. The largest absolute Gasteiger partial charge is 0.368 e. The molecular weight excluding hydrogens is 353 g/mol. The van der Waals surface area contributed by atoms with E-state index in [1.807, 2.05) is 24.3 Å². The average molecular weight is 377 g/mol. The lowest BCUT2D eigenvalue weighted by Crippen LogP contribution is -2.46. The van der Waals surface area contributed by atoms with Crippen molar-refractivity contribution in [2.75, 3.05) is 41.3 Å². The molecule has 1 saturated heterocycles. The Bertz CT molecular complexity index is 920. The van der Waals surface area contributed by atoms with Crippen LogP contribution in [0.5, 0.6) is 0 Å². The Morgan fingerprint density at radius 1 is 0.929 bits per heavy atom. The molecule has 1 N–H and O–H groups in total. The quantitative estimate of drug-likeness (QED) is 0.720. The van der Waals surface area contributed by atoms with Gasteiger partial charge in [0, 0.05) is 43.6 Å². The molecule has 0 bridgehead atoms. The van der Waals surface area contributed by atoms with Gasteiger partial charge in [0.1, 0.15) is 23.8 Å². The standard InChI is InChI=1S/C22H24FN5/c1-2-17-5-3-4-6-20(17)26-21-15-22(25-16-24-21)28-13-11-27(12-14-28)19-9-7-18(23)8-10-19/h3-10,15-16H,2,11-14H2,1H3,(H,24,25,26). The van der Waals surface area contributed by atoms with E-state index in [2.05, 4.69) is 50.2 Å². The number of nitrogens with zero attached hydrogens (tertiary/aromatic N) is 4. The van der Waals surface area contributed by atoms with Gasteiger partial charge >= 0.3 is 0 Å². The zero-order valence-corrected chi connectivity index (χ0v) is 16.0. The maximum Gasteiger partial charge on any atom is 0.135 e. The van der Waals surface area contributed by atoms with E-state index in [1.165, 1.54) is 17.7 Å².